The lowest BCUT2D eigenvalue weighted by molar-refractivity contribution is 1.17. The van der Waals surface area contributed by atoms with Gasteiger partial charge in [-0.2, -0.15) is 0 Å². The van der Waals surface area contributed by atoms with E-state index in [0.717, 1.165) is 0 Å². The molecule has 0 amide bonds. The minimum Gasteiger partial charge on any atom is -0.244 e. The quantitative estimate of drug-likeness (QED) is 0.491. The maximum atomic E-state index is 5.56. The predicted molar refractivity (Wildman–Crippen MR) is 48.5 cm³/mol. The van der Waals surface area contributed by atoms with E-state index in [9.17, 15) is 0 Å². The van der Waals surface area contributed by atoms with Gasteiger partial charge in [-0.15, -0.1) is 0 Å². The third-order valence-electron chi connectivity index (χ3n) is 1.05. The Morgan fingerprint density at radius 1 is 1.18 bits per heavy atom. The summed E-state index contributed by atoms with van der Waals surface area (Å²) in [6, 6.07) is 3.18. The second kappa shape index (κ2) is 3.36. The summed E-state index contributed by atoms with van der Waals surface area (Å²) in [5.41, 5.74) is 0.506. The molecule has 1 nitrogen and oxygen atoms in total. The average Bonchev–Trinajstić information content (AvgIpc) is 1.86. The summed E-state index contributed by atoms with van der Waals surface area (Å²) in [4.78, 5) is 3.76. The predicted octanol–water partition coefficient (Wildman–Crippen LogP) is 3.56. The highest BCUT2D eigenvalue weighted by Crippen LogP contribution is 2.37. The van der Waals surface area contributed by atoms with Crippen molar-refractivity contribution in [2.24, 2.45) is 0 Å². The first-order valence-electron chi connectivity index (χ1n) is 2.69. The summed E-state index contributed by atoms with van der Waals surface area (Å²) in [5, 5.41) is 0.378. The molecular formula is C6H3Cl4N. The van der Waals surface area contributed by atoms with Crippen LogP contribution in [-0.4, -0.2) is 4.98 Å². The van der Waals surface area contributed by atoms with Crippen molar-refractivity contribution < 1.29 is 0 Å². The monoisotopic (exact) mass is 229 g/mol. The summed E-state index contributed by atoms with van der Waals surface area (Å²) in [7, 11) is 0. The van der Waals surface area contributed by atoms with E-state index in [2.05, 4.69) is 4.98 Å². The molecule has 0 aliphatic heterocycles. The van der Waals surface area contributed by atoms with E-state index in [4.69, 9.17) is 46.4 Å². The maximum absolute atomic E-state index is 5.56. The number of pyridine rings is 1. The number of hydrogen-bond acceptors (Lipinski definition) is 1. The zero-order valence-corrected chi connectivity index (χ0v) is 8.21. The van der Waals surface area contributed by atoms with Gasteiger partial charge in [0.15, 0.2) is 0 Å². The number of aromatic nitrogens is 1. The fourth-order valence-corrected chi connectivity index (χ4v) is 0.991. The number of nitrogens with zero attached hydrogens (tertiary/aromatic N) is 1. The van der Waals surface area contributed by atoms with E-state index >= 15 is 0 Å². The molecule has 0 N–H and O–H groups in total. The first kappa shape index (κ1) is 9.40. The molecule has 0 aromatic carbocycles. The molecule has 60 valence electrons. The number of hydrogen-bond donors (Lipinski definition) is 0. The Balaban J connectivity index is 2.99. The number of rotatable bonds is 0. The van der Waals surface area contributed by atoms with Gasteiger partial charge in [0.2, 0.25) is 3.79 Å². The van der Waals surface area contributed by atoms with Gasteiger partial charge in [0.1, 0.15) is 5.15 Å². The lowest BCUT2D eigenvalue weighted by Gasteiger charge is -2.09. The molecule has 5 heteroatoms. The van der Waals surface area contributed by atoms with Gasteiger partial charge in [0.05, 0.1) is 0 Å². The van der Waals surface area contributed by atoms with Gasteiger partial charge in [-0.3, -0.25) is 0 Å². The Morgan fingerprint density at radius 3 is 2.18 bits per heavy atom. The number of halogens is 4. The van der Waals surface area contributed by atoms with Crippen molar-refractivity contribution in [2.45, 2.75) is 3.79 Å². The van der Waals surface area contributed by atoms with Gasteiger partial charge in [-0.1, -0.05) is 52.5 Å². The minimum absolute atomic E-state index is 0.378. The van der Waals surface area contributed by atoms with Crippen LogP contribution in [-0.2, 0) is 3.79 Å². The van der Waals surface area contributed by atoms with E-state index in [1.54, 1.807) is 12.1 Å². The van der Waals surface area contributed by atoms with Crippen LogP contribution >= 0.6 is 46.4 Å². The SMILES string of the molecule is Clc1ccc(C(Cl)(Cl)Cl)cn1. The van der Waals surface area contributed by atoms with Crippen molar-refractivity contribution in [3.63, 3.8) is 0 Å². The van der Waals surface area contributed by atoms with Crippen molar-refractivity contribution in [1.29, 1.82) is 0 Å². The van der Waals surface area contributed by atoms with Crippen molar-refractivity contribution >= 4 is 46.4 Å². The van der Waals surface area contributed by atoms with Crippen molar-refractivity contribution in [3.05, 3.63) is 29.0 Å². The second-order valence-corrected chi connectivity index (χ2v) is 4.54. The van der Waals surface area contributed by atoms with Crippen molar-refractivity contribution in [2.75, 3.05) is 0 Å². The summed E-state index contributed by atoms with van der Waals surface area (Å²) in [6.07, 6.45) is 1.43. The summed E-state index contributed by atoms with van der Waals surface area (Å²) < 4.78 is -1.42. The van der Waals surface area contributed by atoms with Crippen LogP contribution in [0.15, 0.2) is 18.3 Å². The van der Waals surface area contributed by atoms with Crippen LogP contribution in [0.5, 0.6) is 0 Å². The van der Waals surface area contributed by atoms with E-state index in [1.165, 1.54) is 6.20 Å². The van der Waals surface area contributed by atoms with E-state index in [1.807, 2.05) is 0 Å². The van der Waals surface area contributed by atoms with Gasteiger partial charge in [0, 0.05) is 11.8 Å². The van der Waals surface area contributed by atoms with Crippen LogP contribution in [0.2, 0.25) is 5.15 Å². The molecule has 0 fully saturated rings. The van der Waals surface area contributed by atoms with E-state index in [-0.39, 0.29) is 0 Å². The Labute approximate surface area is 84.2 Å². The van der Waals surface area contributed by atoms with E-state index < -0.39 is 3.79 Å². The summed E-state index contributed by atoms with van der Waals surface area (Å²) >= 11 is 22.2. The summed E-state index contributed by atoms with van der Waals surface area (Å²) in [6.45, 7) is 0. The third kappa shape index (κ3) is 2.68. The lowest BCUT2D eigenvalue weighted by Crippen LogP contribution is -1.99. The minimum atomic E-state index is -1.42. The van der Waals surface area contributed by atoms with Crippen LogP contribution in [0.1, 0.15) is 5.56 Å². The normalized spacial score (nSPS) is 11.6. The van der Waals surface area contributed by atoms with Gasteiger partial charge >= 0.3 is 0 Å². The molecule has 0 saturated heterocycles. The van der Waals surface area contributed by atoms with Crippen LogP contribution in [0, 0.1) is 0 Å². The highest BCUT2D eigenvalue weighted by molar-refractivity contribution is 6.66. The maximum Gasteiger partial charge on any atom is 0.217 e. The number of alkyl halides is 3. The van der Waals surface area contributed by atoms with Crippen LogP contribution in [0.3, 0.4) is 0 Å². The zero-order chi connectivity index (χ0) is 8.48. The fourth-order valence-electron chi connectivity index (χ4n) is 0.544. The first-order chi connectivity index (χ1) is 5.00. The van der Waals surface area contributed by atoms with Gasteiger partial charge in [-0.25, -0.2) is 4.98 Å². The molecule has 0 bridgehead atoms. The zero-order valence-electron chi connectivity index (χ0n) is 5.19. The average molecular weight is 231 g/mol. The van der Waals surface area contributed by atoms with Crippen molar-refractivity contribution in [1.82, 2.24) is 4.98 Å². The molecule has 0 saturated carbocycles. The van der Waals surface area contributed by atoms with Crippen LogP contribution in [0.4, 0.5) is 0 Å². The highest BCUT2D eigenvalue weighted by Gasteiger charge is 2.22. The molecule has 11 heavy (non-hydrogen) atoms. The molecule has 0 aliphatic rings. The Kier molecular flexibility index (Phi) is 2.87. The van der Waals surface area contributed by atoms with Gasteiger partial charge in [0.25, 0.3) is 0 Å². The molecule has 1 rings (SSSR count). The van der Waals surface area contributed by atoms with Crippen molar-refractivity contribution in [3.8, 4) is 0 Å². The molecule has 1 aromatic rings. The van der Waals surface area contributed by atoms with Gasteiger partial charge < -0.3 is 0 Å². The molecule has 0 radical (unpaired) electrons. The molecule has 0 spiro atoms. The van der Waals surface area contributed by atoms with Crippen LogP contribution < -0.4 is 0 Å². The summed E-state index contributed by atoms with van der Waals surface area (Å²) in [5.74, 6) is 0. The Morgan fingerprint density at radius 2 is 1.82 bits per heavy atom. The van der Waals surface area contributed by atoms with Crippen LogP contribution in [0.25, 0.3) is 0 Å². The van der Waals surface area contributed by atoms with E-state index in [0.29, 0.717) is 10.7 Å². The van der Waals surface area contributed by atoms with Gasteiger partial charge in [-0.05, 0) is 6.07 Å². The largest absolute Gasteiger partial charge is 0.244 e. The third-order valence-corrected chi connectivity index (χ3v) is 1.93. The molecule has 0 unspecified atom stereocenters. The Hall–Kier alpha value is 0.310. The lowest BCUT2D eigenvalue weighted by atomic mass is 10.3. The second-order valence-electron chi connectivity index (χ2n) is 1.87. The molecule has 0 atom stereocenters. The molecular weight excluding hydrogens is 228 g/mol. The Bertz CT molecular complexity index is 238. The highest BCUT2D eigenvalue weighted by atomic mass is 35.6. The first-order valence-corrected chi connectivity index (χ1v) is 4.20. The topological polar surface area (TPSA) is 12.9 Å². The fraction of sp³-hybridized carbons (Fsp3) is 0.167. The molecule has 0 aliphatic carbocycles. The smallest absolute Gasteiger partial charge is 0.217 e. The molecule has 1 heterocycles. The standard InChI is InChI=1S/C6H3Cl4N/c7-5-2-1-4(3-11-5)6(8,9)10/h1-3H. The molecule has 1 aromatic heterocycles.